The molecule has 2 atom stereocenters. The molecule has 170 valence electrons. The summed E-state index contributed by atoms with van der Waals surface area (Å²) in [5.41, 5.74) is 0.335. The van der Waals surface area contributed by atoms with Crippen molar-refractivity contribution in [2.45, 2.75) is 69.1 Å². The van der Waals surface area contributed by atoms with Gasteiger partial charge in [-0.1, -0.05) is 49.6 Å². The number of hydrogen-bond acceptors (Lipinski definition) is 4. The molecule has 3 fully saturated rings. The molecule has 1 amide bonds. The van der Waals surface area contributed by atoms with Gasteiger partial charge in [-0.05, 0) is 57.3 Å². The molecule has 4 rings (SSSR count). The summed E-state index contributed by atoms with van der Waals surface area (Å²) in [6.45, 7) is 3.37. The quantitative estimate of drug-likeness (QED) is 0.648. The molecule has 7 heteroatoms. The molecule has 1 aromatic rings. The lowest BCUT2D eigenvalue weighted by Crippen LogP contribution is -2.62. The number of benzene rings is 1. The molecule has 3 aliphatic rings. The summed E-state index contributed by atoms with van der Waals surface area (Å²) < 4.78 is 0. The molecule has 1 aliphatic carbocycles. The van der Waals surface area contributed by atoms with Crippen LogP contribution in [0.5, 0.6) is 0 Å². The van der Waals surface area contributed by atoms with Crippen molar-refractivity contribution in [3.8, 4) is 0 Å². The minimum Gasteiger partial charge on any atom is -0.389 e. The summed E-state index contributed by atoms with van der Waals surface area (Å²) in [6.07, 6.45) is 8.71. The first kappa shape index (κ1) is 25.4. The molecule has 2 saturated heterocycles. The van der Waals surface area contributed by atoms with Crippen molar-refractivity contribution >= 4 is 30.7 Å². The van der Waals surface area contributed by atoms with E-state index in [9.17, 15) is 9.90 Å². The van der Waals surface area contributed by atoms with Crippen LogP contribution >= 0.6 is 24.8 Å². The van der Waals surface area contributed by atoms with Gasteiger partial charge in [0.05, 0.1) is 11.6 Å². The Balaban J connectivity index is 0.00000160. The van der Waals surface area contributed by atoms with Gasteiger partial charge in [0.2, 0.25) is 5.91 Å². The van der Waals surface area contributed by atoms with E-state index in [-0.39, 0.29) is 36.6 Å². The van der Waals surface area contributed by atoms with Gasteiger partial charge in [-0.15, -0.1) is 24.8 Å². The summed E-state index contributed by atoms with van der Waals surface area (Å²) in [5, 5.41) is 17.4. The normalized spacial score (nSPS) is 28.8. The van der Waals surface area contributed by atoms with Crippen molar-refractivity contribution in [2.24, 2.45) is 5.92 Å². The number of β-amino-alcohol motifs (C(OH)–C–C–N with tert-alkyl or cyclic N) is 1. The number of aliphatic hydroxyl groups excluding tert-OH is 1. The maximum atomic E-state index is 13.2. The number of hydrogen-bond donors (Lipinski definition) is 3. The SMILES string of the molecule is Cl.Cl.O=C(N[C@@]1(c2ccccc2)CCNC[C@H]1O)C1CCN(C2CCCCC2)CC1. The zero-order valence-corrected chi connectivity index (χ0v) is 19.4. The van der Waals surface area contributed by atoms with Crippen molar-refractivity contribution in [1.82, 2.24) is 15.5 Å². The van der Waals surface area contributed by atoms with Crippen LogP contribution in [0.15, 0.2) is 30.3 Å². The number of nitrogens with one attached hydrogen (secondary N) is 2. The van der Waals surface area contributed by atoms with Gasteiger partial charge in [-0.2, -0.15) is 0 Å². The largest absolute Gasteiger partial charge is 0.389 e. The summed E-state index contributed by atoms with van der Waals surface area (Å²) >= 11 is 0. The topological polar surface area (TPSA) is 64.6 Å². The van der Waals surface area contributed by atoms with Crippen LogP contribution in [0, 0.1) is 5.92 Å². The van der Waals surface area contributed by atoms with Crippen LogP contribution in [-0.4, -0.2) is 54.2 Å². The van der Waals surface area contributed by atoms with Gasteiger partial charge in [0, 0.05) is 18.5 Å². The van der Waals surface area contributed by atoms with E-state index in [2.05, 4.69) is 15.5 Å². The lowest BCUT2D eigenvalue weighted by molar-refractivity contribution is -0.131. The van der Waals surface area contributed by atoms with Crippen LogP contribution in [-0.2, 0) is 10.3 Å². The van der Waals surface area contributed by atoms with Crippen LogP contribution < -0.4 is 10.6 Å². The van der Waals surface area contributed by atoms with Crippen molar-refractivity contribution in [1.29, 1.82) is 0 Å². The van der Waals surface area contributed by atoms with Gasteiger partial charge in [0.1, 0.15) is 0 Å². The van der Waals surface area contributed by atoms with Crippen LogP contribution in [0.1, 0.15) is 56.9 Å². The lowest BCUT2D eigenvalue weighted by atomic mass is 9.78. The average molecular weight is 458 g/mol. The highest BCUT2D eigenvalue weighted by molar-refractivity contribution is 5.85. The number of rotatable bonds is 4. The standard InChI is InChI=1S/C23H35N3O2.2ClH/c27-21-17-24-14-13-23(21,19-7-3-1-4-8-19)25-22(28)18-11-15-26(16-12-18)20-9-5-2-6-10-20;;/h1,3-4,7-8,18,20-21,24,27H,2,5-6,9-17H2,(H,25,28);2*1H/t21-,23-;;/m1../s1. The first-order valence-electron chi connectivity index (χ1n) is 11.2. The molecule has 0 unspecified atom stereocenters. The number of piperidine rings is 2. The van der Waals surface area contributed by atoms with Gasteiger partial charge in [0.25, 0.3) is 0 Å². The summed E-state index contributed by atoms with van der Waals surface area (Å²) in [5.74, 6) is 0.176. The lowest BCUT2D eigenvalue weighted by Gasteiger charge is -2.44. The third-order valence-corrected chi connectivity index (χ3v) is 7.23. The van der Waals surface area contributed by atoms with Gasteiger partial charge < -0.3 is 20.6 Å². The van der Waals surface area contributed by atoms with E-state index in [0.29, 0.717) is 13.0 Å². The monoisotopic (exact) mass is 457 g/mol. The summed E-state index contributed by atoms with van der Waals surface area (Å²) in [6, 6.07) is 10.7. The van der Waals surface area contributed by atoms with E-state index in [1.54, 1.807) is 0 Å². The Morgan fingerprint density at radius 2 is 1.70 bits per heavy atom. The highest BCUT2D eigenvalue weighted by Crippen LogP contribution is 2.33. The van der Waals surface area contributed by atoms with Crippen LogP contribution in [0.3, 0.4) is 0 Å². The molecular weight excluding hydrogens is 421 g/mol. The number of amides is 1. The summed E-state index contributed by atoms with van der Waals surface area (Å²) in [7, 11) is 0. The zero-order valence-electron chi connectivity index (χ0n) is 17.7. The second-order valence-electron chi connectivity index (χ2n) is 8.90. The predicted molar refractivity (Wildman–Crippen MR) is 125 cm³/mol. The van der Waals surface area contributed by atoms with Crippen molar-refractivity contribution in [3.05, 3.63) is 35.9 Å². The zero-order chi connectivity index (χ0) is 19.4. The van der Waals surface area contributed by atoms with E-state index in [4.69, 9.17) is 0 Å². The molecule has 2 aliphatic heterocycles. The molecule has 1 saturated carbocycles. The number of aliphatic hydroxyl groups is 1. The highest BCUT2D eigenvalue weighted by atomic mass is 35.5. The molecule has 0 radical (unpaired) electrons. The number of carbonyl (C=O) groups is 1. The van der Waals surface area contributed by atoms with Crippen LogP contribution in [0.25, 0.3) is 0 Å². The van der Waals surface area contributed by atoms with Gasteiger partial charge >= 0.3 is 0 Å². The predicted octanol–water partition coefficient (Wildman–Crippen LogP) is 3.24. The molecule has 5 nitrogen and oxygen atoms in total. The maximum absolute atomic E-state index is 13.2. The molecule has 2 heterocycles. The Hall–Kier alpha value is -0.850. The fourth-order valence-corrected chi connectivity index (χ4v) is 5.45. The van der Waals surface area contributed by atoms with Crippen molar-refractivity contribution in [3.63, 3.8) is 0 Å². The number of likely N-dealkylation sites (tertiary alicyclic amines) is 1. The van der Waals surface area contributed by atoms with Crippen LogP contribution in [0.4, 0.5) is 0 Å². The fourth-order valence-electron chi connectivity index (χ4n) is 5.45. The van der Waals surface area contributed by atoms with Gasteiger partial charge in [0.15, 0.2) is 0 Å². The molecular formula is C23H37Cl2N3O2. The van der Waals surface area contributed by atoms with Crippen molar-refractivity contribution in [2.75, 3.05) is 26.2 Å². The van der Waals surface area contributed by atoms with E-state index < -0.39 is 11.6 Å². The molecule has 0 bridgehead atoms. The summed E-state index contributed by atoms with van der Waals surface area (Å²) in [4.78, 5) is 15.8. The third kappa shape index (κ3) is 5.49. The minimum absolute atomic E-state index is 0. The smallest absolute Gasteiger partial charge is 0.223 e. The first-order valence-corrected chi connectivity index (χ1v) is 11.2. The highest BCUT2D eigenvalue weighted by Gasteiger charge is 2.44. The Morgan fingerprint density at radius 3 is 2.33 bits per heavy atom. The van der Waals surface area contributed by atoms with E-state index in [1.807, 2.05) is 30.3 Å². The fraction of sp³-hybridized carbons (Fsp3) is 0.696. The molecule has 30 heavy (non-hydrogen) atoms. The van der Waals surface area contributed by atoms with Crippen LogP contribution in [0.2, 0.25) is 0 Å². The Labute approximate surface area is 193 Å². The molecule has 3 N–H and O–H groups in total. The minimum atomic E-state index is -0.676. The number of carbonyl (C=O) groups excluding carboxylic acids is 1. The van der Waals surface area contributed by atoms with E-state index in [1.165, 1.54) is 32.1 Å². The van der Waals surface area contributed by atoms with Gasteiger partial charge in [-0.25, -0.2) is 0 Å². The van der Waals surface area contributed by atoms with E-state index >= 15 is 0 Å². The maximum Gasteiger partial charge on any atom is 0.223 e. The number of halogens is 2. The first-order chi connectivity index (χ1) is 13.7. The Kier molecular flexibility index (Phi) is 9.89. The second kappa shape index (κ2) is 11.7. The molecule has 1 aromatic carbocycles. The number of nitrogens with zero attached hydrogens (tertiary/aromatic N) is 1. The third-order valence-electron chi connectivity index (χ3n) is 7.23. The Morgan fingerprint density at radius 1 is 1.03 bits per heavy atom. The molecule has 0 spiro atoms. The average Bonchev–Trinajstić information content (AvgIpc) is 2.77. The van der Waals surface area contributed by atoms with Gasteiger partial charge in [-0.3, -0.25) is 4.79 Å². The van der Waals surface area contributed by atoms with Crippen molar-refractivity contribution < 1.29 is 9.90 Å². The molecule has 0 aromatic heterocycles. The Bertz CT molecular complexity index is 649. The van der Waals surface area contributed by atoms with E-state index in [0.717, 1.165) is 44.1 Å². The second-order valence-corrected chi connectivity index (χ2v) is 8.90.